The van der Waals surface area contributed by atoms with E-state index < -0.39 is 0 Å². The minimum Gasteiger partial charge on any atom is -0.488 e. The van der Waals surface area contributed by atoms with Crippen molar-refractivity contribution in [2.24, 2.45) is 0 Å². The van der Waals surface area contributed by atoms with Gasteiger partial charge in [0.15, 0.2) is 5.75 Å². The van der Waals surface area contributed by atoms with E-state index >= 15 is 0 Å². The monoisotopic (exact) mass is 149 g/mol. The van der Waals surface area contributed by atoms with E-state index in [0.29, 0.717) is 0 Å². The summed E-state index contributed by atoms with van der Waals surface area (Å²) >= 11 is 0. The van der Waals surface area contributed by atoms with Crippen molar-refractivity contribution in [2.75, 3.05) is 14.2 Å². The fourth-order valence-corrected chi connectivity index (χ4v) is 0.917. The molecule has 0 amide bonds. The predicted octanol–water partition coefficient (Wildman–Crippen LogP) is 1.01. The topological polar surface area (TPSA) is 21.3 Å². The zero-order chi connectivity index (χ0) is 8.10. The predicted molar refractivity (Wildman–Crippen MR) is 43.4 cm³/mol. The molecule has 0 aromatic heterocycles. The number of hydrogen-bond donors (Lipinski definition) is 1. The van der Waals surface area contributed by atoms with Crippen LogP contribution in [0.5, 0.6) is 5.75 Å². The van der Waals surface area contributed by atoms with Crippen LogP contribution >= 0.6 is 0 Å². The van der Waals surface area contributed by atoms with Gasteiger partial charge in [-0.15, -0.1) is 0 Å². The highest BCUT2D eigenvalue weighted by atomic mass is 16.5. The molecule has 1 rings (SSSR count). The van der Waals surface area contributed by atoms with Crippen molar-refractivity contribution in [1.29, 1.82) is 0 Å². The third kappa shape index (κ3) is 1.86. The summed E-state index contributed by atoms with van der Waals surface area (Å²) in [6.45, 7) is 0.800. The van der Waals surface area contributed by atoms with E-state index in [4.69, 9.17) is 4.74 Å². The molecule has 0 fully saturated rings. The molecule has 0 aliphatic heterocycles. The van der Waals surface area contributed by atoms with Gasteiger partial charge in [0, 0.05) is 12.1 Å². The molecule has 0 atom stereocenters. The van der Waals surface area contributed by atoms with Gasteiger partial charge in [-0.05, 0) is 25.2 Å². The van der Waals surface area contributed by atoms with Gasteiger partial charge in [-0.3, -0.25) is 0 Å². The van der Waals surface area contributed by atoms with Crippen LogP contribution < -0.4 is 10.1 Å². The summed E-state index contributed by atoms with van der Waals surface area (Å²) < 4.78 is 5.07. The molecular weight excluding hydrogens is 138 g/mol. The Balaban J connectivity index is 2.83. The minimum absolute atomic E-state index is 0.766. The first-order valence-electron chi connectivity index (χ1n) is 3.48. The lowest BCUT2D eigenvalue weighted by Gasteiger charge is -2.02. The molecule has 1 aromatic rings. The maximum atomic E-state index is 5.07. The van der Waals surface area contributed by atoms with E-state index in [1.807, 2.05) is 19.2 Å². The first kappa shape index (κ1) is 7.90. The summed E-state index contributed by atoms with van der Waals surface area (Å²) in [5.74, 6) is 0.766. The Morgan fingerprint density at radius 3 is 3.09 bits per heavy atom. The van der Waals surface area contributed by atoms with Crippen molar-refractivity contribution in [3.63, 3.8) is 0 Å². The molecule has 1 aromatic carbocycles. The minimum atomic E-state index is 0.766. The van der Waals surface area contributed by atoms with E-state index in [1.54, 1.807) is 7.11 Å². The van der Waals surface area contributed by atoms with Crippen LogP contribution in [-0.2, 0) is 6.54 Å². The van der Waals surface area contributed by atoms with E-state index in [-0.39, 0.29) is 0 Å². The molecule has 0 aliphatic rings. The lowest BCUT2D eigenvalue weighted by Crippen LogP contribution is -2.05. The summed E-state index contributed by atoms with van der Waals surface area (Å²) in [5, 5.41) is 3.04. The molecule has 0 unspecified atom stereocenters. The first-order chi connectivity index (χ1) is 5.38. The maximum Gasteiger partial charge on any atom is 0.174 e. The normalized spacial score (nSPS) is 8.91. The summed E-state index contributed by atoms with van der Waals surface area (Å²) in [6.07, 6.45) is 0. The number of ether oxygens (including phenoxy) is 1. The third-order valence-electron chi connectivity index (χ3n) is 1.42. The fourth-order valence-electron chi connectivity index (χ4n) is 0.917. The number of rotatable bonds is 3. The van der Waals surface area contributed by atoms with Crippen molar-refractivity contribution in [2.45, 2.75) is 6.54 Å². The maximum absolute atomic E-state index is 5.07. The van der Waals surface area contributed by atoms with E-state index in [1.165, 1.54) is 0 Å². The molecule has 58 valence electrons. The third-order valence-corrected chi connectivity index (χ3v) is 1.42. The Bertz CT molecular complexity index is 223. The van der Waals surface area contributed by atoms with E-state index in [0.717, 1.165) is 17.9 Å². The molecule has 0 saturated heterocycles. The largest absolute Gasteiger partial charge is 0.488 e. The van der Waals surface area contributed by atoms with Crippen LogP contribution in [0.2, 0.25) is 0 Å². The Morgan fingerprint density at radius 1 is 1.64 bits per heavy atom. The number of nitrogens with one attached hydrogen (secondary N) is 1. The van der Waals surface area contributed by atoms with Crippen molar-refractivity contribution in [3.8, 4) is 5.75 Å². The van der Waals surface area contributed by atoms with Crippen LogP contribution in [0.3, 0.4) is 0 Å². The fraction of sp³-hybridized carbons (Fsp3) is 0.333. The molecule has 11 heavy (non-hydrogen) atoms. The molecular formula is C9H11NO. The highest BCUT2D eigenvalue weighted by Gasteiger charge is 1.97. The van der Waals surface area contributed by atoms with Gasteiger partial charge in [-0.2, -0.15) is 0 Å². The van der Waals surface area contributed by atoms with Crippen molar-refractivity contribution < 1.29 is 4.74 Å². The number of methoxy groups -OCH3 is 1. The molecule has 1 N–H and O–H groups in total. The van der Waals surface area contributed by atoms with Crippen LogP contribution in [0, 0.1) is 12.1 Å². The standard InChI is InChI=1S/C9H11NO/c1-10-7-8-5-3-4-6-9(8)11-2/h3,5,10H,7H2,1-2H3. The van der Waals surface area contributed by atoms with Gasteiger partial charge in [0.25, 0.3) is 0 Å². The average molecular weight is 149 g/mol. The summed E-state index contributed by atoms with van der Waals surface area (Å²) in [7, 11) is 3.54. The van der Waals surface area contributed by atoms with Gasteiger partial charge in [0.1, 0.15) is 0 Å². The average Bonchev–Trinajstić information content (AvgIpc) is 2.06. The lowest BCUT2D eigenvalue weighted by atomic mass is 10.2. The zero-order valence-electron chi connectivity index (χ0n) is 6.77. The highest BCUT2D eigenvalue weighted by molar-refractivity contribution is 5.28. The van der Waals surface area contributed by atoms with E-state index in [2.05, 4.69) is 17.4 Å². The summed E-state index contributed by atoms with van der Waals surface area (Å²) in [5.41, 5.74) is 1.11. The molecule has 0 radical (unpaired) electrons. The Morgan fingerprint density at radius 2 is 2.45 bits per heavy atom. The summed E-state index contributed by atoms with van der Waals surface area (Å²) in [6, 6.07) is 9.51. The summed E-state index contributed by atoms with van der Waals surface area (Å²) in [4.78, 5) is 0. The second kappa shape index (κ2) is 3.85. The van der Waals surface area contributed by atoms with Gasteiger partial charge < -0.3 is 10.1 Å². The first-order valence-corrected chi connectivity index (χ1v) is 3.48. The zero-order valence-corrected chi connectivity index (χ0v) is 6.77. The van der Waals surface area contributed by atoms with Gasteiger partial charge in [-0.25, -0.2) is 0 Å². The van der Waals surface area contributed by atoms with Crippen LogP contribution in [-0.4, -0.2) is 14.2 Å². The number of hydrogen-bond acceptors (Lipinski definition) is 2. The van der Waals surface area contributed by atoms with Gasteiger partial charge in [-0.1, -0.05) is 6.07 Å². The van der Waals surface area contributed by atoms with Crippen LogP contribution in [0.4, 0.5) is 0 Å². The molecule has 0 saturated carbocycles. The highest BCUT2D eigenvalue weighted by Crippen LogP contribution is 2.12. The lowest BCUT2D eigenvalue weighted by molar-refractivity contribution is 0.408. The smallest absolute Gasteiger partial charge is 0.174 e. The van der Waals surface area contributed by atoms with E-state index in [9.17, 15) is 0 Å². The molecule has 2 heteroatoms. The van der Waals surface area contributed by atoms with Gasteiger partial charge in [0.05, 0.1) is 7.11 Å². The SMILES string of the molecule is CNCc1ccc#cc1OC. The molecule has 0 aliphatic carbocycles. The van der Waals surface area contributed by atoms with Crippen molar-refractivity contribution >= 4 is 0 Å². The van der Waals surface area contributed by atoms with Crippen molar-refractivity contribution in [1.82, 2.24) is 5.32 Å². The Kier molecular flexibility index (Phi) is 2.76. The Hall–Kier alpha value is -1.20. The van der Waals surface area contributed by atoms with Gasteiger partial charge >= 0.3 is 0 Å². The van der Waals surface area contributed by atoms with Gasteiger partial charge in [0.2, 0.25) is 0 Å². The Labute approximate surface area is 67.2 Å². The molecule has 2 nitrogen and oxygen atoms in total. The van der Waals surface area contributed by atoms with Crippen LogP contribution in [0.1, 0.15) is 5.56 Å². The quantitative estimate of drug-likeness (QED) is 0.692. The van der Waals surface area contributed by atoms with Crippen LogP contribution in [0.25, 0.3) is 0 Å². The second-order valence-electron chi connectivity index (χ2n) is 2.19. The second-order valence-corrected chi connectivity index (χ2v) is 2.19. The molecule has 0 bridgehead atoms. The van der Waals surface area contributed by atoms with Crippen LogP contribution in [0.15, 0.2) is 12.1 Å². The van der Waals surface area contributed by atoms with Crippen molar-refractivity contribution in [3.05, 3.63) is 29.8 Å². The molecule has 0 spiro atoms. The molecule has 0 heterocycles.